The lowest BCUT2D eigenvalue weighted by Crippen LogP contribution is -2.47. The van der Waals surface area contributed by atoms with Crippen molar-refractivity contribution in [3.8, 4) is 0 Å². The van der Waals surface area contributed by atoms with Gasteiger partial charge in [-0.2, -0.15) is 0 Å². The Balaban J connectivity index is 1.70. The molecule has 2 aromatic rings. The zero-order valence-corrected chi connectivity index (χ0v) is 13.9. The minimum absolute atomic E-state index is 0.00191. The predicted molar refractivity (Wildman–Crippen MR) is 91.3 cm³/mol. The highest BCUT2D eigenvalue weighted by Crippen LogP contribution is 2.27. The van der Waals surface area contributed by atoms with E-state index in [1.807, 2.05) is 42.2 Å². The van der Waals surface area contributed by atoms with Gasteiger partial charge in [0.2, 0.25) is 5.91 Å². The molecule has 120 valence electrons. The van der Waals surface area contributed by atoms with Gasteiger partial charge in [-0.05, 0) is 24.6 Å². The van der Waals surface area contributed by atoms with Crippen LogP contribution in [0.25, 0.3) is 0 Å². The third-order valence-corrected chi connectivity index (χ3v) is 4.88. The second kappa shape index (κ2) is 7.62. The summed E-state index contributed by atoms with van der Waals surface area (Å²) in [5.41, 5.74) is 1.13. The summed E-state index contributed by atoms with van der Waals surface area (Å²) >= 11 is 1.55. The van der Waals surface area contributed by atoms with Crippen LogP contribution < -0.4 is 0 Å². The van der Waals surface area contributed by atoms with Crippen LogP contribution in [0, 0.1) is 0 Å². The van der Waals surface area contributed by atoms with Crippen molar-refractivity contribution in [2.24, 2.45) is 0 Å². The summed E-state index contributed by atoms with van der Waals surface area (Å²) in [4.78, 5) is 19.8. The standard InChI is InChI=1S/C18H20N2O2S/c1-14-11-20(17(12-22-14)15-5-3-2-4-6-15)18(21)13-23-16-7-9-19-10-8-16/h2-10,14,17H,11-13H2,1H3/t14-,17+/m0/s1. The molecule has 0 bridgehead atoms. The number of carbonyl (C=O) groups is 1. The third kappa shape index (κ3) is 4.12. The van der Waals surface area contributed by atoms with E-state index in [1.54, 1.807) is 24.2 Å². The van der Waals surface area contributed by atoms with E-state index in [9.17, 15) is 4.79 Å². The average Bonchev–Trinajstić information content (AvgIpc) is 2.61. The molecule has 2 heterocycles. The highest BCUT2D eigenvalue weighted by Gasteiger charge is 2.31. The lowest BCUT2D eigenvalue weighted by molar-refractivity contribution is -0.141. The topological polar surface area (TPSA) is 42.4 Å². The van der Waals surface area contributed by atoms with Gasteiger partial charge in [0.1, 0.15) is 0 Å². The molecule has 5 heteroatoms. The number of morpholine rings is 1. The van der Waals surface area contributed by atoms with Crippen LogP contribution in [0.4, 0.5) is 0 Å². The zero-order chi connectivity index (χ0) is 16.1. The summed E-state index contributed by atoms with van der Waals surface area (Å²) in [5, 5.41) is 0. The monoisotopic (exact) mass is 328 g/mol. The Labute approximate surface area is 140 Å². The molecule has 0 saturated carbocycles. The van der Waals surface area contributed by atoms with Crippen LogP contribution in [0.1, 0.15) is 18.5 Å². The molecule has 0 radical (unpaired) electrons. The molecule has 0 aliphatic carbocycles. The summed E-state index contributed by atoms with van der Waals surface area (Å²) in [6, 6.07) is 14.0. The summed E-state index contributed by atoms with van der Waals surface area (Å²) in [6.45, 7) is 3.20. The molecule has 1 aromatic carbocycles. The first-order chi connectivity index (χ1) is 11.2. The Kier molecular flexibility index (Phi) is 5.31. The Morgan fingerprint density at radius 2 is 2.00 bits per heavy atom. The lowest BCUT2D eigenvalue weighted by Gasteiger charge is -2.39. The molecule has 23 heavy (non-hydrogen) atoms. The maximum atomic E-state index is 12.7. The number of ether oxygens (including phenoxy) is 1. The molecule has 1 amide bonds. The number of rotatable bonds is 4. The van der Waals surface area contributed by atoms with Crippen molar-refractivity contribution in [2.45, 2.75) is 24.0 Å². The highest BCUT2D eigenvalue weighted by atomic mass is 32.2. The Hall–Kier alpha value is -1.85. The number of thioether (sulfide) groups is 1. The van der Waals surface area contributed by atoms with Crippen LogP contribution in [0.3, 0.4) is 0 Å². The van der Waals surface area contributed by atoms with Crippen molar-refractivity contribution in [1.82, 2.24) is 9.88 Å². The van der Waals surface area contributed by atoms with Gasteiger partial charge in [-0.3, -0.25) is 9.78 Å². The van der Waals surface area contributed by atoms with Gasteiger partial charge in [-0.15, -0.1) is 11.8 Å². The SMILES string of the molecule is C[C@H]1CN(C(=O)CSc2ccncc2)[C@@H](c2ccccc2)CO1. The quantitative estimate of drug-likeness (QED) is 0.809. The van der Waals surface area contributed by atoms with Crippen LogP contribution in [0.2, 0.25) is 0 Å². The van der Waals surface area contributed by atoms with E-state index < -0.39 is 0 Å². The molecule has 1 aliphatic heterocycles. The summed E-state index contributed by atoms with van der Waals surface area (Å²) in [6.07, 6.45) is 3.57. The Bertz CT molecular complexity index is 636. The van der Waals surface area contributed by atoms with E-state index in [2.05, 4.69) is 17.1 Å². The van der Waals surface area contributed by atoms with Crippen molar-refractivity contribution < 1.29 is 9.53 Å². The van der Waals surface area contributed by atoms with Gasteiger partial charge in [0, 0.05) is 23.8 Å². The van der Waals surface area contributed by atoms with Crippen LogP contribution in [0.5, 0.6) is 0 Å². The van der Waals surface area contributed by atoms with Gasteiger partial charge in [-0.25, -0.2) is 0 Å². The maximum Gasteiger partial charge on any atom is 0.233 e. The van der Waals surface area contributed by atoms with Crippen molar-refractivity contribution >= 4 is 17.7 Å². The molecule has 1 aliphatic rings. The van der Waals surface area contributed by atoms with Crippen LogP contribution in [-0.2, 0) is 9.53 Å². The fourth-order valence-corrected chi connectivity index (χ4v) is 3.46. The fraction of sp³-hybridized carbons (Fsp3) is 0.333. The Morgan fingerprint density at radius 1 is 1.26 bits per heavy atom. The van der Waals surface area contributed by atoms with E-state index in [0.717, 1.165) is 10.5 Å². The molecule has 0 spiro atoms. The Morgan fingerprint density at radius 3 is 2.74 bits per heavy atom. The van der Waals surface area contributed by atoms with Crippen molar-refractivity contribution in [3.05, 3.63) is 60.4 Å². The molecule has 1 aromatic heterocycles. The van der Waals surface area contributed by atoms with E-state index in [-0.39, 0.29) is 18.1 Å². The molecule has 4 nitrogen and oxygen atoms in total. The van der Waals surface area contributed by atoms with Crippen LogP contribution >= 0.6 is 11.8 Å². The fourth-order valence-electron chi connectivity index (χ4n) is 2.69. The molecule has 2 atom stereocenters. The van der Waals surface area contributed by atoms with Gasteiger partial charge in [0.05, 0.1) is 24.5 Å². The smallest absolute Gasteiger partial charge is 0.233 e. The number of hydrogen-bond acceptors (Lipinski definition) is 4. The molecule has 3 rings (SSSR count). The van der Waals surface area contributed by atoms with E-state index >= 15 is 0 Å². The van der Waals surface area contributed by atoms with Gasteiger partial charge in [0.15, 0.2) is 0 Å². The first-order valence-electron chi connectivity index (χ1n) is 7.73. The third-order valence-electron chi connectivity index (χ3n) is 3.89. The van der Waals surface area contributed by atoms with Gasteiger partial charge in [0.25, 0.3) is 0 Å². The zero-order valence-electron chi connectivity index (χ0n) is 13.1. The molecule has 0 unspecified atom stereocenters. The lowest BCUT2D eigenvalue weighted by atomic mass is 10.0. The highest BCUT2D eigenvalue weighted by molar-refractivity contribution is 8.00. The largest absolute Gasteiger partial charge is 0.374 e. The van der Waals surface area contributed by atoms with E-state index in [4.69, 9.17) is 4.74 Å². The molecule has 1 fully saturated rings. The molecule has 0 N–H and O–H groups in total. The number of pyridine rings is 1. The number of benzene rings is 1. The van der Waals surface area contributed by atoms with Gasteiger partial charge >= 0.3 is 0 Å². The predicted octanol–water partition coefficient (Wildman–Crippen LogP) is 3.16. The van der Waals surface area contributed by atoms with Crippen LogP contribution in [-0.4, -0.2) is 40.8 Å². The molecule has 1 saturated heterocycles. The minimum atomic E-state index is -0.00191. The normalized spacial score (nSPS) is 21.2. The molecular weight excluding hydrogens is 308 g/mol. The number of amides is 1. The van der Waals surface area contributed by atoms with E-state index in [1.165, 1.54) is 0 Å². The number of carbonyl (C=O) groups excluding carboxylic acids is 1. The summed E-state index contributed by atoms with van der Waals surface area (Å²) in [7, 11) is 0. The second-order valence-electron chi connectivity index (χ2n) is 5.59. The number of hydrogen-bond donors (Lipinski definition) is 0. The second-order valence-corrected chi connectivity index (χ2v) is 6.64. The first-order valence-corrected chi connectivity index (χ1v) is 8.71. The summed E-state index contributed by atoms with van der Waals surface area (Å²) in [5.74, 6) is 0.580. The van der Waals surface area contributed by atoms with Crippen molar-refractivity contribution in [3.63, 3.8) is 0 Å². The van der Waals surface area contributed by atoms with Crippen molar-refractivity contribution in [2.75, 3.05) is 18.9 Å². The number of nitrogens with zero attached hydrogens (tertiary/aromatic N) is 2. The maximum absolute atomic E-state index is 12.7. The first kappa shape index (κ1) is 16.0. The van der Waals surface area contributed by atoms with Gasteiger partial charge in [-0.1, -0.05) is 30.3 Å². The van der Waals surface area contributed by atoms with E-state index in [0.29, 0.717) is 18.9 Å². The average molecular weight is 328 g/mol. The minimum Gasteiger partial charge on any atom is -0.374 e. The van der Waals surface area contributed by atoms with Crippen molar-refractivity contribution in [1.29, 1.82) is 0 Å². The van der Waals surface area contributed by atoms with Gasteiger partial charge < -0.3 is 9.64 Å². The molecular formula is C18H20N2O2S. The summed E-state index contributed by atoms with van der Waals surface area (Å²) < 4.78 is 5.78. The number of aromatic nitrogens is 1. The van der Waals surface area contributed by atoms with Crippen LogP contribution in [0.15, 0.2) is 59.8 Å².